The molecule has 3 aromatic carbocycles. The number of hydrogen-bond donors (Lipinski definition) is 1. The molecule has 0 aliphatic carbocycles. The largest absolute Gasteiger partial charge is 0.479 e. The van der Waals surface area contributed by atoms with Crippen LogP contribution in [0, 0.1) is 0 Å². The molecule has 0 spiro atoms. The van der Waals surface area contributed by atoms with E-state index in [4.69, 9.17) is 30.4 Å². The summed E-state index contributed by atoms with van der Waals surface area (Å²) in [6, 6.07) is 28.7. The number of aryl methyl sites for hydroxylation is 1. The number of halogens is 1. The van der Waals surface area contributed by atoms with E-state index in [0.717, 1.165) is 44.4 Å². The molecular formula is C36H39ClN3O5PS. The summed E-state index contributed by atoms with van der Waals surface area (Å²) in [5.74, 6) is 1.13. The fourth-order valence-corrected chi connectivity index (χ4v) is 7.61. The van der Waals surface area contributed by atoms with E-state index in [9.17, 15) is 9.67 Å². The van der Waals surface area contributed by atoms with Gasteiger partial charge in [-0.2, -0.15) is 0 Å². The molecular weight excluding hydrogens is 653 g/mol. The van der Waals surface area contributed by atoms with Gasteiger partial charge in [0, 0.05) is 9.92 Å². The van der Waals surface area contributed by atoms with Crippen molar-refractivity contribution < 1.29 is 23.5 Å². The van der Waals surface area contributed by atoms with Crippen LogP contribution in [0.4, 0.5) is 0 Å². The lowest BCUT2D eigenvalue weighted by Gasteiger charge is -2.19. The molecule has 0 saturated heterocycles. The summed E-state index contributed by atoms with van der Waals surface area (Å²) >= 11 is 8.01. The monoisotopic (exact) mass is 691 g/mol. The van der Waals surface area contributed by atoms with Crippen LogP contribution in [0.15, 0.2) is 107 Å². The Kier molecular flexibility index (Phi) is 12.3. The Morgan fingerprint density at radius 1 is 0.915 bits per heavy atom. The number of aromatic nitrogens is 3. The van der Waals surface area contributed by atoms with Gasteiger partial charge in [0.25, 0.3) is 0 Å². The Morgan fingerprint density at radius 3 is 2.13 bits per heavy atom. The van der Waals surface area contributed by atoms with Gasteiger partial charge >= 0.3 is 7.60 Å². The van der Waals surface area contributed by atoms with Gasteiger partial charge in [0.2, 0.25) is 0 Å². The van der Waals surface area contributed by atoms with Crippen molar-refractivity contribution in [3.8, 4) is 5.75 Å². The zero-order valence-electron chi connectivity index (χ0n) is 26.7. The number of pyridine rings is 1. The number of ether oxygens (including phenoxy) is 1. The third kappa shape index (κ3) is 9.80. The van der Waals surface area contributed by atoms with Gasteiger partial charge in [0.15, 0.2) is 6.35 Å². The second-order valence-corrected chi connectivity index (χ2v) is 14.8. The minimum Gasteiger partial charge on any atom is -0.479 e. The predicted octanol–water partition coefficient (Wildman–Crippen LogP) is 9.27. The molecule has 0 amide bonds. The van der Waals surface area contributed by atoms with Gasteiger partial charge in [-0.15, -0.1) is 0 Å². The van der Waals surface area contributed by atoms with Crippen LogP contribution in [0.3, 0.4) is 0 Å². The Morgan fingerprint density at radius 2 is 1.57 bits per heavy atom. The van der Waals surface area contributed by atoms with Gasteiger partial charge in [-0.05, 0) is 59.4 Å². The molecule has 0 saturated carbocycles. The minimum atomic E-state index is -3.65. The number of aliphatic hydroxyl groups is 1. The average Bonchev–Trinajstić information content (AvgIpc) is 3.43. The summed E-state index contributed by atoms with van der Waals surface area (Å²) in [6.07, 6.45) is 2.19. The molecule has 0 aliphatic rings. The normalized spacial score (nSPS) is 11.7. The second-order valence-electron chi connectivity index (χ2n) is 11.3. The molecule has 0 bridgehead atoms. The third-order valence-electron chi connectivity index (χ3n) is 7.32. The van der Waals surface area contributed by atoms with Gasteiger partial charge in [-0.25, -0.2) is 4.98 Å². The van der Waals surface area contributed by atoms with Crippen molar-refractivity contribution in [3.05, 3.63) is 136 Å². The van der Waals surface area contributed by atoms with Crippen LogP contribution in [-0.2, 0) is 46.4 Å². The van der Waals surface area contributed by atoms with Crippen molar-refractivity contribution in [2.45, 2.75) is 69.4 Å². The van der Waals surface area contributed by atoms with E-state index in [-0.39, 0.29) is 32.1 Å². The van der Waals surface area contributed by atoms with Crippen molar-refractivity contribution >= 4 is 31.0 Å². The van der Waals surface area contributed by atoms with E-state index < -0.39 is 7.60 Å². The predicted molar refractivity (Wildman–Crippen MR) is 186 cm³/mol. The molecule has 246 valence electrons. The van der Waals surface area contributed by atoms with E-state index >= 15 is 0 Å². The van der Waals surface area contributed by atoms with Crippen molar-refractivity contribution in [1.29, 1.82) is 0 Å². The van der Waals surface area contributed by atoms with Gasteiger partial charge in [-0.1, -0.05) is 105 Å². The number of rotatable bonds is 16. The van der Waals surface area contributed by atoms with Crippen LogP contribution in [-0.4, -0.2) is 26.0 Å². The van der Waals surface area contributed by atoms with Gasteiger partial charge in [0.05, 0.1) is 37.3 Å². The molecule has 0 aliphatic heterocycles. The molecule has 5 rings (SSSR count). The highest BCUT2D eigenvalue weighted by molar-refractivity contribution is 7.99. The number of nitrogens with zero attached hydrogens (tertiary/aromatic N) is 3. The SMILES string of the molecule is CCc1cc(Cl)cc(Sc2c(C(C)C)nc(CO)n2Cc2ccc(OCP(=O)(OCc3ccccc3)OCc3ccccc3)cn2)c1. The summed E-state index contributed by atoms with van der Waals surface area (Å²) < 4.78 is 33.4. The molecule has 0 unspecified atom stereocenters. The van der Waals surface area contributed by atoms with Gasteiger partial charge in [0.1, 0.15) is 23.2 Å². The second kappa shape index (κ2) is 16.6. The highest BCUT2D eigenvalue weighted by Gasteiger charge is 2.27. The first-order valence-corrected chi connectivity index (χ1v) is 18.4. The lowest BCUT2D eigenvalue weighted by atomic mass is 10.1. The van der Waals surface area contributed by atoms with Gasteiger partial charge in [-0.3, -0.25) is 9.55 Å². The fourth-order valence-electron chi connectivity index (χ4n) is 4.78. The first kappa shape index (κ1) is 34.9. The quantitative estimate of drug-likeness (QED) is 0.102. The van der Waals surface area contributed by atoms with Gasteiger partial charge < -0.3 is 23.5 Å². The summed E-state index contributed by atoms with van der Waals surface area (Å²) in [5, 5.41) is 11.8. The first-order valence-electron chi connectivity index (χ1n) is 15.5. The van der Waals surface area contributed by atoms with Crippen LogP contribution in [0.2, 0.25) is 5.02 Å². The van der Waals surface area contributed by atoms with Crippen LogP contribution >= 0.6 is 31.0 Å². The average molecular weight is 692 g/mol. The van der Waals surface area contributed by atoms with Crippen LogP contribution in [0.5, 0.6) is 5.75 Å². The number of imidazole rings is 1. The lowest BCUT2D eigenvalue weighted by molar-refractivity contribution is 0.172. The maximum absolute atomic E-state index is 13.8. The zero-order chi connectivity index (χ0) is 33.2. The third-order valence-corrected chi connectivity index (χ3v) is 10.1. The van der Waals surface area contributed by atoms with Crippen molar-refractivity contribution in [1.82, 2.24) is 14.5 Å². The van der Waals surface area contributed by atoms with E-state index in [1.807, 2.05) is 83.4 Å². The molecule has 1 N–H and O–H groups in total. The topological polar surface area (TPSA) is 95.7 Å². The van der Waals surface area contributed by atoms with E-state index in [0.29, 0.717) is 23.1 Å². The van der Waals surface area contributed by atoms with Crippen LogP contribution in [0.25, 0.3) is 0 Å². The molecule has 0 radical (unpaired) electrons. The molecule has 47 heavy (non-hydrogen) atoms. The lowest BCUT2D eigenvalue weighted by Crippen LogP contribution is -2.09. The molecule has 2 heterocycles. The Bertz CT molecular complexity index is 1740. The molecule has 5 aromatic rings. The minimum absolute atomic E-state index is 0.124. The fraction of sp³-hybridized carbons (Fsp3) is 0.278. The Balaban J connectivity index is 1.31. The van der Waals surface area contributed by atoms with Crippen LogP contribution in [0.1, 0.15) is 60.6 Å². The summed E-state index contributed by atoms with van der Waals surface area (Å²) in [7, 11) is -3.65. The van der Waals surface area contributed by atoms with Crippen molar-refractivity contribution in [2.24, 2.45) is 0 Å². The molecule has 0 fully saturated rings. The molecule has 11 heteroatoms. The highest BCUT2D eigenvalue weighted by atomic mass is 35.5. The van der Waals surface area contributed by atoms with E-state index in [1.165, 1.54) is 0 Å². The Labute approximate surface area is 285 Å². The zero-order valence-corrected chi connectivity index (χ0v) is 29.2. The first-order chi connectivity index (χ1) is 22.7. The van der Waals surface area contributed by atoms with Crippen molar-refractivity contribution in [2.75, 3.05) is 6.35 Å². The number of hydrogen-bond acceptors (Lipinski definition) is 8. The summed E-state index contributed by atoms with van der Waals surface area (Å²) in [5.41, 5.74) is 4.55. The summed E-state index contributed by atoms with van der Waals surface area (Å²) in [4.78, 5) is 10.4. The molecule has 8 nitrogen and oxygen atoms in total. The number of aliphatic hydroxyl groups excluding tert-OH is 1. The Hall–Kier alpha value is -3.43. The standard InChI is InChI=1S/C36H39ClN3O5PS/c1-4-27-17-30(37)19-33(18-27)47-36-35(26(2)3)39-34(22-41)40(36)21-31-15-16-32(20-38-31)43-25-46(42,44-23-28-11-7-5-8-12-28)45-24-29-13-9-6-10-14-29/h5-20,26,41H,4,21-25H2,1-3H3. The maximum atomic E-state index is 13.8. The highest BCUT2D eigenvalue weighted by Crippen LogP contribution is 2.49. The molecule has 0 atom stereocenters. The smallest absolute Gasteiger partial charge is 0.368 e. The summed E-state index contributed by atoms with van der Waals surface area (Å²) in [6.45, 7) is 6.70. The van der Waals surface area contributed by atoms with Crippen LogP contribution < -0.4 is 4.74 Å². The van der Waals surface area contributed by atoms with E-state index in [1.54, 1.807) is 24.0 Å². The van der Waals surface area contributed by atoms with Crippen molar-refractivity contribution in [3.63, 3.8) is 0 Å². The van der Waals surface area contributed by atoms with E-state index in [2.05, 4.69) is 31.8 Å². The molecule has 2 aromatic heterocycles. The number of benzene rings is 3. The maximum Gasteiger partial charge on any atom is 0.368 e.